The first-order valence-electron chi connectivity index (χ1n) is 5.64. The SMILES string of the molecule is CC(CN)NCCn1cnc2ccccc21. The van der Waals surface area contributed by atoms with Gasteiger partial charge in [0, 0.05) is 25.7 Å². The number of rotatable bonds is 5. The number of fused-ring (bicyclic) bond motifs is 1. The summed E-state index contributed by atoms with van der Waals surface area (Å²) >= 11 is 0. The lowest BCUT2D eigenvalue weighted by Gasteiger charge is -2.11. The molecule has 86 valence electrons. The molecule has 16 heavy (non-hydrogen) atoms. The van der Waals surface area contributed by atoms with Gasteiger partial charge in [-0.15, -0.1) is 0 Å². The fraction of sp³-hybridized carbons (Fsp3) is 0.417. The highest BCUT2D eigenvalue weighted by molar-refractivity contribution is 5.74. The van der Waals surface area contributed by atoms with Gasteiger partial charge in [-0.3, -0.25) is 0 Å². The zero-order chi connectivity index (χ0) is 11.4. The molecule has 4 nitrogen and oxygen atoms in total. The normalized spacial score (nSPS) is 13.1. The number of aromatic nitrogens is 2. The number of benzene rings is 1. The van der Waals surface area contributed by atoms with Gasteiger partial charge in [-0.05, 0) is 19.1 Å². The third kappa shape index (κ3) is 2.40. The molecule has 0 bridgehead atoms. The summed E-state index contributed by atoms with van der Waals surface area (Å²) in [6.45, 7) is 4.60. The van der Waals surface area contributed by atoms with Crippen LogP contribution in [-0.4, -0.2) is 28.7 Å². The van der Waals surface area contributed by atoms with Crippen LogP contribution in [0.1, 0.15) is 6.92 Å². The van der Waals surface area contributed by atoms with E-state index in [0.717, 1.165) is 18.6 Å². The van der Waals surface area contributed by atoms with E-state index in [9.17, 15) is 0 Å². The van der Waals surface area contributed by atoms with Crippen LogP contribution in [-0.2, 0) is 6.54 Å². The molecule has 0 aliphatic heterocycles. The molecule has 0 aliphatic rings. The highest BCUT2D eigenvalue weighted by Crippen LogP contribution is 2.10. The molecule has 4 heteroatoms. The second-order valence-corrected chi connectivity index (χ2v) is 4.02. The van der Waals surface area contributed by atoms with Crippen molar-refractivity contribution < 1.29 is 0 Å². The van der Waals surface area contributed by atoms with Crippen LogP contribution in [0.2, 0.25) is 0 Å². The first-order valence-corrected chi connectivity index (χ1v) is 5.64. The van der Waals surface area contributed by atoms with Crippen LogP contribution < -0.4 is 11.1 Å². The smallest absolute Gasteiger partial charge is 0.0958 e. The Labute approximate surface area is 95.5 Å². The van der Waals surface area contributed by atoms with Crippen LogP contribution in [0.3, 0.4) is 0 Å². The first-order chi connectivity index (χ1) is 7.81. The van der Waals surface area contributed by atoms with Gasteiger partial charge in [0.1, 0.15) is 0 Å². The topological polar surface area (TPSA) is 55.9 Å². The molecule has 3 N–H and O–H groups in total. The lowest BCUT2D eigenvalue weighted by molar-refractivity contribution is 0.525. The van der Waals surface area contributed by atoms with E-state index in [4.69, 9.17) is 5.73 Å². The van der Waals surface area contributed by atoms with Crippen molar-refractivity contribution >= 4 is 11.0 Å². The maximum Gasteiger partial charge on any atom is 0.0958 e. The molecule has 1 atom stereocenters. The van der Waals surface area contributed by atoms with Crippen molar-refractivity contribution in [1.82, 2.24) is 14.9 Å². The van der Waals surface area contributed by atoms with Crippen molar-refractivity contribution in [3.05, 3.63) is 30.6 Å². The molecule has 0 amide bonds. The summed E-state index contributed by atoms with van der Waals surface area (Å²) < 4.78 is 2.16. The summed E-state index contributed by atoms with van der Waals surface area (Å²) in [6.07, 6.45) is 1.89. The number of nitrogens with two attached hydrogens (primary N) is 1. The van der Waals surface area contributed by atoms with Gasteiger partial charge in [0.25, 0.3) is 0 Å². The minimum absolute atomic E-state index is 0.370. The van der Waals surface area contributed by atoms with Crippen molar-refractivity contribution in [2.75, 3.05) is 13.1 Å². The van der Waals surface area contributed by atoms with Gasteiger partial charge in [0.05, 0.1) is 17.4 Å². The number of nitrogens with zero attached hydrogens (tertiary/aromatic N) is 2. The molecule has 2 aromatic rings. The number of imidazole rings is 1. The molecule has 0 spiro atoms. The Kier molecular flexibility index (Phi) is 3.54. The quantitative estimate of drug-likeness (QED) is 0.786. The molecule has 0 aliphatic carbocycles. The zero-order valence-electron chi connectivity index (χ0n) is 9.56. The molecular formula is C12H18N4. The molecular weight excluding hydrogens is 200 g/mol. The Morgan fingerprint density at radius 1 is 1.44 bits per heavy atom. The van der Waals surface area contributed by atoms with Crippen LogP contribution in [0.4, 0.5) is 0 Å². The van der Waals surface area contributed by atoms with Gasteiger partial charge >= 0.3 is 0 Å². The highest BCUT2D eigenvalue weighted by Gasteiger charge is 2.01. The van der Waals surface area contributed by atoms with Crippen molar-refractivity contribution in [2.24, 2.45) is 5.73 Å². The van der Waals surface area contributed by atoms with Crippen LogP contribution >= 0.6 is 0 Å². The summed E-state index contributed by atoms with van der Waals surface area (Å²) in [6, 6.07) is 8.54. The number of hydrogen-bond donors (Lipinski definition) is 2. The maximum absolute atomic E-state index is 5.54. The molecule has 1 unspecified atom stereocenters. The molecule has 1 aromatic carbocycles. The van der Waals surface area contributed by atoms with Crippen molar-refractivity contribution in [3.63, 3.8) is 0 Å². The largest absolute Gasteiger partial charge is 0.329 e. The third-order valence-corrected chi connectivity index (χ3v) is 2.73. The first kappa shape index (κ1) is 11.1. The Hall–Kier alpha value is -1.39. The molecule has 1 aromatic heterocycles. The van der Waals surface area contributed by atoms with Crippen LogP contribution in [0.15, 0.2) is 30.6 Å². The summed E-state index contributed by atoms with van der Waals surface area (Å²) in [5, 5.41) is 3.36. The Morgan fingerprint density at radius 3 is 3.06 bits per heavy atom. The second-order valence-electron chi connectivity index (χ2n) is 4.02. The van der Waals surface area contributed by atoms with Crippen molar-refractivity contribution in [3.8, 4) is 0 Å². The predicted octanol–water partition coefficient (Wildman–Crippen LogP) is 0.973. The Bertz CT molecular complexity index is 449. The number of nitrogens with one attached hydrogen (secondary N) is 1. The average Bonchev–Trinajstić information content (AvgIpc) is 2.73. The van der Waals surface area contributed by atoms with Gasteiger partial charge < -0.3 is 15.6 Å². The molecule has 2 rings (SSSR count). The van der Waals surface area contributed by atoms with E-state index in [1.54, 1.807) is 0 Å². The van der Waals surface area contributed by atoms with Crippen LogP contribution in [0.5, 0.6) is 0 Å². The zero-order valence-corrected chi connectivity index (χ0v) is 9.56. The van der Waals surface area contributed by atoms with E-state index in [2.05, 4.69) is 27.9 Å². The molecule has 0 saturated heterocycles. The van der Waals surface area contributed by atoms with Gasteiger partial charge in [0.2, 0.25) is 0 Å². The lowest BCUT2D eigenvalue weighted by atomic mass is 10.3. The van der Waals surface area contributed by atoms with E-state index < -0.39 is 0 Å². The monoisotopic (exact) mass is 218 g/mol. The summed E-state index contributed by atoms with van der Waals surface area (Å²) in [5.74, 6) is 0. The number of hydrogen-bond acceptors (Lipinski definition) is 3. The van der Waals surface area contributed by atoms with Crippen LogP contribution in [0.25, 0.3) is 11.0 Å². The van der Waals surface area contributed by atoms with Gasteiger partial charge in [-0.2, -0.15) is 0 Å². The Balaban J connectivity index is 1.99. The molecule has 0 fully saturated rings. The van der Waals surface area contributed by atoms with Crippen molar-refractivity contribution in [2.45, 2.75) is 19.5 Å². The van der Waals surface area contributed by atoms with Crippen LogP contribution in [0, 0.1) is 0 Å². The van der Waals surface area contributed by atoms with E-state index in [-0.39, 0.29) is 0 Å². The maximum atomic E-state index is 5.54. The fourth-order valence-corrected chi connectivity index (χ4v) is 1.70. The minimum Gasteiger partial charge on any atom is -0.329 e. The highest BCUT2D eigenvalue weighted by atomic mass is 15.1. The van der Waals surface area contributed by atoms with Gasteiger partial charge in [-0.25, -0.2) is 4.98 Å². The standard InChI is InChI=1S/C12H18N4/c1-10(8-13)14-6-7-16-9-15-11-4-2-3-5-12(11)16/h2-5,9-10,14H,6-8,13H2,1H3. The minimum atomic E-state index is 0.370. The second kappa shape index (κ2) is 5.09. The average molecular weight is 218 g/mol. The van der Waals surface area contributed by atoms with Gasteiger partial charge in [0.15, 0.2) is 0 Å². The Morgan fingerprint density at radius 2 is 2.25 bits per heavy atom. The molecule has 0 radical (unpaired) electrons. The van der Waals surface area contributed by atoms with E-state index in [1.807, 2.05) is 24.5 Å². The van der Waals surface area contributed by atoms with Crippen molar-refractivity contribution in [1.29, 1.82) is 0 Å². The van der Waals surface area contributed by atoms with E-state index >= 15 is 0 Å². The summed E-state index contributed by atoms with van der Waals surface area (Å²) in [7, 11) is 0. The summed E-state index contributed by atoms with van der Waals surface area (Å²) in [5.41, 5.74) is 7.78. The number of para-hydroxylation sites is 2. The van der Waals surface area contributed by atoms with E-state index in [0.29, 0.717) is 12.6 Å². The third-order valence-electron chi connectivity index (χ3n) is 2.73. The van der Waals surface area contributed by atoms with E-state index in [1.165, 1.54) is 5.52 Å². The lowest BCUT2D eigenvalue weighted by Crippen LogP contribution is -2.35. The molecule has 1 heterocycles. The van der Waals surface area contributed by atoms with Gasteiger partial charge in [-0.1, -0.05) is 12.1 Å². The summed E-state index contributed by atoms with van der Waals surface area (Å²) in [4.78, 5) is 4.35. The molecule has 0 saturated carbocycles. The fourth-order valence-electron chi connectivity index (χ4n) is 1.70. The predicted molar refractivity (Wildman–Crippen MR) is 66.3 cm³/mol.